The normalized spacial score (nSPS) is 11.2. The first-order valence-electron chi connectivity index (χ1n) is 2.93. The van der Waals surface area contributed by atoms with Crippen molar-refractivity contribution in [1.29, 1.82) is 0 Å². The topological polar surface area (TPSA) is 22.2 Å². The molecule has 0 atom stereocenters. The van der Waals surface area contributed by atoms with Crippen LogP contribution in [-0.4, -0.2) is 9.78 Å². The van der Waals surface area contributed by atoms with Gasteiger partial charge in [0, 0.05) is 13.2 Å². The van der Waals surface area contributed by atoms with E-state index in [1.807, 2.05) is 0 Å². The molecule has 0 amide bonds. The summed E-state index contributed by atoms with van der Waals surface area (Å²) in [6.45, 7) is 6.45. The predicted molar refractivity (Wildman–Crippen MR) is 34.5 cm³/mol. The maximum atomic E-state index is 12.0. The van der Waals surface area contributed by atoms with Crippen molar-refractivity contribution in [2.24, 2.45) is 7.05 Å². The smallest absolute Gasteiger partial charge is 0.287 e. The zero-order chi connectivity index (χ0) is 9.35. The van der Waals surface area contributed by atoms with Crippen molar-refractivity contribution in [2.75, 3.05) is 0 Å². The van der Waals surface area contributed by atoms with Gasteiger partial charge < -0.3 is 0 Å². The standard InChI is InChI=1S/C6H4F3N3/c1-10-4-3-12(2)11-5(4)6(7,8)9/h3H,2H3. The lowest BCUT2D eigenvalue weighted by Crippen LogP contribution is -2.06. The SMILES string of the molecule is [C-]#[N+]c1cn(C)nc1C(F)(F)F. The first-order valence-corrected chi connectivity index (χ1v) is 2.93. The van der Waals surface area contributed by atoms with Crippen LogP contribution in [0.2, 0.25) is 0 Å². The molecule has 3 nitrogen and oxygen atoms in total. The van der Waals surface area contributed by atoms with E-state index in [4.69, 9.17) is 6.57 Å². The van der Waals surface area contributed by atoms with Gasteiger partial charge in [-0.2, -0.15) is 18.3 Å². The summed E-state index contributed by atoms with van der Waals surface area (Å²) >= 11 is 0. The van der Waals surface area contributed by atoms with Gasteiger partial charge in [-0.1, -0.05) is 0 Å². The summed E-state index contributed by atoms with van der Waals surface area (Å²) in [4.78, 5) is 2.70. The van der Waals surface area contributed by atoms with Crippen LogP contribution in [0.3, 0.4) is 0 Å². The number of nitrogens with zero attached hydrogens (tertiary/aromatic N) is 3. The first kappa shape index (κ1) is 8.59. The maximum absolute atomic E-state index is 12.0. The molecule has 0 aliphatic rings. The molecule has 64 valence electrons. The number of aromatic nitrogens is 2. The molecular weight excluding hydrogens is 171 g/mol. The van der Waals surface area contributed by atoms with Crippen LogP contribution in [0.15, 0.2) is 6.20 Å². The summed E-state index contributed by atoms with van der Waals surface area (Å²) in [6, 6.07) is 0. The number of hydrogen-bond acceptors (Lipinski definition) is 1. The molecule has 0 saturated carbocycles. The maximum Gasteiger partial charge on any atom is 0.425 e. The zero-order valence-electron chi connectivity index (χ0n) is 6.05. The van der Waals surface area contributed by atoms with E-state index in [0.29, 0.717) is 0 Å². The highest BCUT2D eigenvalue weighted by Crippen LogP contribution is 2.34. The number of hydrogen-bond donors (Lipinski definition) is 0. The molecule has 0 saturated heterocycles. The van der Waals surface area contributed by atoms with E-state index in [1.165, 1.54) is 7.05 Å². The highest BCUT2D eigenvalue weighted by atomic mass is 19.4. The molecule has 0 aliphatic carbocycles. The highest BCUT2D eigenvalue weighted by molar-refractivity contribution is 5.48. The lowest BCUT2D eigenvalue weighted by Gasteiger charge is -2.01. The van der Waals surface area contributed by atoms with Gasteiger partial charge in [-0.25, -0.2) is 4.85 Å². The molecule has 0 spiro atoms. The van der Waals surface area contributed by atoms with Crippen LogP contribution < -0.4 is 0 Å². The van der Waals surface area contributed by atoms with E-state index in [-0.39, 0.29) is 0 Å². The van der Waals surface area contributed by atoms with Crippen LogP contribution in [-0.2, 0) is 13.2 Å². The Hall–Kier alpha value is -1.51. The Kier molecular flexibility index (Phi) is 1.80. The summed E-state index contributed by atoms with van der Waals surface area (Å²) in [5, 5.41) is 3.13. The summed E-state index contributed by atoms with van der Waals surface area (Å²) in [6.07, 6.45) is -3.50. The van der Waals surface area contributed by atoms with Gasteiger partial charge in [-0.3, -0.25) is 4.68 Å². The van der Waals surface area contributed by atoms with Crippen LogP contribution in [0, 0.1) is 6.57 Å². The average Bonchev–Trinajstić information content (AvgIpc) is 2.29. The quantitative estimate of drug-likeness (QED) is 0.552. The Bertz CT molecular complexity index is 331. The van der Waals surface area contributed by atoms with Gasteiger partial charge in [0.05, 0.1) is 6.57 Å². The molecule has 0 fully saturated rings. The third-order valence-electron chi connectivity index (χ3n) is 1.20. The molecule has 0 radical (unpaired) electrons. The molecule has 0 bridgehead atoms. The molecular formula is C6H4F3N3. The van der Waals surface area contributed by atoms with Crippen molar-refractivity contribution in [2.45, 2.75) is 6.18 Å². The van der Waals surface area contributed by atoms with Gasteiger partial charge in [0.25, 0.3) is 0 Å². The fraction of sp³-hybridized carbons (Fsp3) is 0.333. The van der Waals surface area contributed by atoms with Crippen molar-refractivity contribution in [3.8, 4) is 0 Å². The van der Waals surface area contributed by atoms with Crippen molar-refractivity contribution in [3.63, 3.8) is 0 Å². The minimum Gasteiger partial charge on any atom is -0.287 e. The Morgan fingerprint density at radius 1 is 1.58 bits per heavy atom. The van der Waals surface area contributed by atoms with Crippen molar-refractivity contribution >= 4 is 5.69 Å². The summed E-state index contributed by atoms with van der Waals surface area (Å²) < 4.78 is 37.1. The molecule has 1 aromatic heterocycles. The highest BCUT2D eigenvalue weighted by Gasteiger charge is 2.36. The van der Waals surface area contributed by atoms with Gasteiger partial charge in [0.2, 0.25) is 5.69 Å². The first-order chi connectivity index (χ1) is 5.45. The van der Waals surface area contributed by atoms with Gasteiger partial charge in [0.1, 0.15) is 0 Å². The third-order valence-corrected chi connectivity index (χ3v) is 1.20. The average molecular weight is 175 g/mol. The second kappa shape index (κ2) is 2.52. The van der Waals surface area contributed by atoms with E-state index in [1.54, 1.807) is 0 Å². The second-order valence-electron chi connectivity index (χ2n) is 2.15. The van der Waals surface area contributed by atoms with Crippen molar-refractivity contribution < 1.29 is 13.2 Å². The molecule has 1 rings (SSSR count). The molecule has 0 unspecified atom stereocenters. The largest absolute Gasteiger partial charge is 0.425 e. The van der Waals surface area contributed by atoms with Gasteiger partial charge >= 0.3 is 6.18 Å². The molecule has 1 heterocycles. The van der Waals surface area contributed by atoms with E-state index >= 15 is 0 Å². The Morgan fingerprint density at radius 2 is 2.17 bits per heavy atom. The number of aryl methyl sites for hydroxylation is 1. The van der Waals surface area contributed by atoms with E-state index in [0.717, 1.165) is 10.9 Å². The van der Waals surface area contributed by atoms with Crippen LogP contribution >= 0.6 is 0 Å². The van der Waals surface area contributed by atoms with E-state index in [2.05, 4.69) is 9.94 Å². The Labute approximate surface area is 66.2 Å². The number of halogens is 3. The van der Waals surface area contributed by atoms with Crippen molar-refractivity contribution in [3.05, 3.63) is 23.3 Å². The van der Waals surface area contributed by atoms with Crippen LogP contribution in [0.4, 0.5) is 18.9 Å². The Balaban J connectivity index is 3.25. The predicted octanol–water partition coefficient (Wildman–Crippen LogP) is 1.99. The van der Waals surface area contributed by atoms with E-state index < -0.39 is 17.6 Å². The lowest BCUT2D eigenvalue weighted by atomic mass is 10.4. The van der Waals surface area contributed by atoms with Crippen LogP contribution in [0.25, 0.3) is 4.85 Å². The monoisotopic (exact) mass is 175 g/mol. The van der Waals surface area contributed by atoms with E-state index in [9.17, 15) is 13.2 Å². The number of alkyl halides is 3. The van der Waals surface area contributed by atoms with Crippen LogP contribution in [0.1, 0.15) is 5.69 Å². The summed E-state index contributed by atoms with van der Waals surface area (Å²) in [5.41, 5.74) is -1.59. The third kappa shape index (κ3) is 1.39. The molecule has 0 aliphatic heterocycles. The van der Waals surface area contributed by atoms with Crippen molar-refractivity contribution in [1.82, 2.24) is 9.78 Å². The molecule has 0 aromatic carbocycles. The minimum absolute atomic E-state index is 0.468. The summed E-state index contributed by atoms with van der Waals surface area (Å²) in [7, 11) is 1.34. The number of rotatable bonds is 0. The molecule has 6 heteroatoms. The van der Waals surface area contributed by atoms with Gasteiger partial charge in [-0.05, 0) is 0 Å². The Morgan fingerprint density at radius 3 is 2.50 bits per heavy atom. The zero-order valence-corrected chi connectivity index (χ0v) is 6.05. The van der Waals surface area contributed by atoms with Gasteiger partial charge in [-0.15, -0.1) is 0 Å². The molecule has 1 aromatic rings. The molecule has 12 heavy (non-hydrogen) atoms. The van der Waals surface area contributed by atoms with Crippen LogP contribution in [0.5, 0.6) is 0 Å². The fourth-order valence-corrected chi connectivity index (χ4v) is 0.760. The fourth-order valence-electron chi connectivity index (χ4n) is 0.760. The van der Waals surface area contributed by atoms with Gasteiger partial charge in [0.15, 0.2) is 5.69 Å². The molecule has 0 N–H and O–H groups in total. The second-order valence-corrected chi connectivity index (χ2v) is 2.15. The lowest BCUT2D eigenvalue weighted by molar-refractivity contribution is -0.140. The minimum atomic E-state index is -4.54. The summed E-state index contributed by atoms with van der Waals surface area (Å²) in [5.74, 6) is 0.